The Balaban J connectivity index is 2.03. The lowest BCUT2D eigenvalue weighted by atomic mass is 10.4. The molecule has 2 aromatic rings. The second-order valence-electron chi connectivity index (χ2n) is 6.13. The number of hydrogen-bond acceptors (Lipinski definition) is 3. The van der Waals surface area contributed by atoms with Crippen molar-refractivity contribution in [2.75, 3.05) is 0 Å². The van der Waals surface area contributed by atoms with E-state index in [1.54, 1.807) is 0 Å². The van der Waals surface area contributed by atoms with E-state index >= 15 is 0 Å². The summed E-state index contributed by atoms with van der Waals surface area (Å²) in [6.07, 6.45) is 2.40. The Morgan fingerprint density at radius 2 is 1.48 bits per heavy atom. The third-order valence-electron chi connectivity index (χ3n) is 4.42. The van der Waals surface area contributed by atoms with Crippen molar-refractivity contribution >= 4 is 18.7 Å². The molecule has 3 nitrogen and oxygen atoms in total. The molecular formula is C19H24N2OSi. The van der Waals surface area contributed by atoms with Crippen LogP contribution in [-0.4, -0.2) is 20.6 Å². The average Bonchev–Trinajstić information content (AvgIpc) is 3.45. The van der Waals surface area contributed by atoms with Gasteiger partial charge in [-0.3, -0.25) is 0 Å². The Morgan fingerprint density at radius 1 is 0.957 bits per heavy atom. The van der Waals surface area contributed by atoms with Crippen LogP contribution >= 0.6 is 0 Å². The fourth-order valence-corrected chi connectivity index (χ4v) is 7.47. The molecule has 0 N–H and O–H groups in total. The molecule has 0 saturated heterocycles. The minimum atomic E-state index is -2.27. The third kappa shape index (κ3) is 3.59. The van der Waals surface area contributed by atoms with Crippen molar-refractivity contribution in [3.63, 3.8) is 0 Å². The molecule has 0 radical (unpaired) electrons. The van der Waals surface area contributed by atoms with Crippen molar-refractivity contribution in [2.45, 2.75) is 45.0 Å². The average molecular weight is 325 g/mol. The van der Waals surface area contributed by atoms with Crippen LogP contribution < -0.4 is 10.4 Å². The van der Waals surface area contributed by atoms with Gasteiger partial charge in [0, 0.05) is 0 Å². The highest BCUT2D eigenvalue weighted by molar-refractivity contribution is 6.97. The molecule has 2 aromatic carbocycles. The second-order valence-corrected chi connectivity index (χ2v) is 9.67. The highest BCUT2D eigenvalue weighted by atomic mass is 28.4. The molecule has 23 heavy (non-hydrogen) atoms. The first-order valence-corrected chi connectivity index (χ1v) is 10.6. The molecular weight excluding hydrogens is 300 g/mol. The summed E-state index contributed by atoms with van der Waals surface area (Å²) >= 11 is 0. The van der Waals surface area contributed by atoms with Gasteiger partial charge in [-0.15, -0.1) is 0 Å². The number of benzene rings is 2. The SMILES string of the molecule is CCCC[Si](OC(C)C1N=N1)(c1ccccc1)c1ccccc1. The highest BCUT2D eigenvalue weighted by Crippen LogP contribution is 2.25. The molecule has 0 fully saturated rings. The molecule has 0 amide bonds. The topological polar surface area (TPSA) is 34.0 Å². The van der Waals surface area contributed by atoms with Gasteiger partial charge >= 0.3 is 0 Å². The summed E-state index contributed by atoms with van der Waals surface area (Å²) in [4.78, 5) is 0. The van der Waals surface area contributed by atoms with Crippen molar-refractivity contribution in [1.82, 2.24) is 0 Å². The van der Waals surface area contributed by atoms with E-state index in [-0.39, 0.29) is 12.3 Å². The van der Waals surface area contributed by atoms with Crippen molar-refractivity contribution < 1.29 is 4.43 Å². The zero-order chi connectivity index (χ0) is 16.1. The maximum absolute atomic E-state index is 6.79. The van der Waals surface area contributed by atoms with E-state index < -0.39 is 8.32 Å². The monoisotopic (exact) mass is 324 g/mol. The first-order valence-electron chi connectivity index (χ1n) is 8.45. The van der Waals surface area contributed by atoms with Crippen LogP contribution in [-0.2, 0) is 4.43 Å². The van der Waals surface area contributed by atoms with E-state index in [1.165, 1.54) is 23.2 Å². The predicted octanol–water partition coefficient (Wildman–Crippen LogP) is 3.74. The van der Waals surface area contributed by atoms with Gasteiger partial charge in [-0.1, -0.05) is 80.4 Å². The minimum Gasteiger partial charge on any atom is -0.401 e. The van der Waals surface area contributed by atoms with E-state index in [1.807, 2.05) is 0 Å². The molecule has 1 heterocycles. The van der Waals surface area contributed by atoms with E-state index in [0.29, 0.717) is 0 Å². The van der Waals surface area contributed by atoms with E-state index in [2.05, 4.69) is 84.7 Å². The van der Waals surface area contributed by atoms with Crippen LogP contribution in [0.4, 0.5) is 0 Å². The van der Waals surface area contributed by atoms with Crippen molar-refractivity contribution in [3.05, 3.63) is 60.7 Å². The summed E-state index contributed by atoms with van der Waals surface area (Å²) in [5, 5.41) is 10.8. The van der Waals surface area contributed by atoms with Gasteiger partial charge in [0.25, 0.3) is 8.32 Å². The molecule has 1 unspecified atom stereocenters. The van der Waals surface area contributed by atoms with Gasteiger partial charge in [0.15, 0.2) is 0 Å². The van der Waals surface area contributed by atoms with Crippen LogP contribution in [0.2, 0.25) is 6.04 Å². The summed E-state index contributed by atoms with van der Waals surface area (Å²) in [5.41, 5.74) is 0. The third-order valence-corrected chi connectivity index (χ3v) is 8.78. The molecule has 0 spiro atoms. The summed E-state index contributed by atoms with van der Waals surface area (Å²) < 4.78 is 6.79. The number of unbranched alkanes of at least 4 members (excludes halogenated alkanes) is 1. The van der Waals surface area contributed by atoms with Gasteiger partial charge in [0.05, 0.1) is 6.10 Å². The molecule has 1 aliphatic rings. The maximum Gasteiger partial charge on any atom is 0.256 e. The van der Waals surface area contributed by atoms with Crippen LogP contribution in [0.25, 0.3) is 0 Å². The largest absolute Gasteiger partial charge is 0.401 e. The van der Waals surface area contributed by atoms with Gasteiger partial charge in [0.2, 0.25) is 6.17 Å². The zero-order valence-electron chi connectivity index (χ0n) is 13.9. The van der Waals surface area contributed by atoms with Crippen LogP contribution in [0.15, 0.2) is 70.9 Å². The molecule has 0 aliphatic carbocycles. The smallest absolute Gasteiger partial charge is 0.256 e. The Kier molecular flexibility index (Phi) is 5.03. The summed E-state index contributed by atoms with van der Waals surface area (Å²) in [6.45, 7) is 4.34. The van der Waals surface area contributed by atoms with Crippen LogP contribution in [0.5, 0.6) is 0 Å². The molecule has 120 valence electrons. The molecule has 1 aliphatic heterocycles. The first kappa shape index (κ1) is 16.1. The first-order chi connectivity index (χ1) is 11.3. The number of hydrogen-bond donors (Lipinski definition) is 0. The Hall–Kier alpha value is -1.78. The summed E-state index contributed by atoms with van der Waals surface area (Å²) in [7, 11) is -2.27. The number of nitrogens with zero attached hydrogens (tertiary/aromatic N) is 2. The van der Waals surface area contributed by atoms with Gasteiger partial charge in [-0.25, -0.2) is 0 Å². The normalized spacial score (nSPS) is 15.6. The fraction of sp³-hybridized carbons (Fsp3) is 0.368. The standard InChI is InChI=1S/C19H24N2OSi/c1-3-4-15-23(17-11-7-5-8-12-17,18-13-9-6-10-14-18)22-16(2)19-20-21-19/h5-14,16,19H,3-4,15H2,1-2H3. The molecule has 1 atom stereocenters. The van der Waals surface area contributed by atoms with E-state index in [0.717, 1.165) is 6.04 Å². The van der Waals surface area contributed by atoms with Crippen molar-refractivity contribution in [2.24, 2.45) is 10.2 Å². The summed E-state index contributed by atoms with van der Waals surface area (Å²) in [6, 6.07) is 22.6. The quantitative estimate of drug-likeness (QED) is 0.681. The second kappa shape index (κ2) is 7.19. The van der Waals surface area contributed by atoms with E-state index in [9.17, 15) is 0 Å². The van der Waals surface area contributed by atoms with Crippen LogP contribution in [0.1, 0.15) is 26.7 Å². The Labute approximate surface area is 139 Å². The highest BCUT2D eigenvalue weighted by Gasteiger charge is 2.42. The van der Waals surface area contributed by atoms with E-state index in [4.69, 9.17) is 4.43 Å². The molecule has 0 bridgehead atoms. The maximum atomic E-state index is 6.79. The summed E-state index contributed by atoms with van der Waals surface area (Å²) in [5.74, 6) is 0. The Bertz CT molecular complexity index is 599. The van der Waals surface area contributed by atoms with Crippen LogP contribution in [0, 0.1) is 0 Å². The van der Waals surface area contributed by atoms with Crippen molar-refractivity contribution in [3.8, 4) is 0 Å². The molecule has 3 rings (SSSR count). The molecule has 4 heteroatoms. The number of rotatable bonds is 8. The lowest BCUT2D eigenvalue weighted by molar-refractivity contribution is 0.211. The van der Waals surface area contributed by atoms with Gasteiger partial charge in [-0.2, -0.15) is 10.2 Å². The molecule has 0 saturated carbocycles. The van der Waals surface area contributed by atoms with Crippen molar-refractivity contribution in [1.29, 1.82) is 0 Å². The van der Waals surface area contributed by atoms with Gasteiger partial charge in [0.1, 0.15) is 0 Å². The van der Waals surface area contributed by atoms with Gasteiger partial charge in [-0.05, 0) is 23.3 Å². The zero-order valence-corrected chi connectivity index (χ0v) is 14.9. The Morgan fingerprint density at radius 3 is 1.91 bits per heavy atom. The van der Waals surface area contributed by atoms with Crippen LogP contribution in [0.3, 0.4) is 0 Å². The molecule has 0 aromatic heterocycles. The lowest BCUT2D eigenvalue weighted by Crippen LogP contribution is -2.62. The fourth-order valence-electron chi connectivity index (χ4n) is 3.10. The lowest BCUT2D eigenvalue weighted by Gasteiger charge is -2.34. The van der Waals surface area contributed by atoms with Gasteiger partial charge < -0.3 is 4.43 Å². The predicted molar refractivity (Wildman–Crippen MR) is 96.8 cm³/mol. The minimum absolute atomic E-state index is 0.0240.